The molecule has 6 rings (SSSR count). The van der Waals surface area contributed by atoms with Crippen LogP contribution in [0.15, 0.2) is 102 Å². The molecule has 3 heteroatoms. The van der Waals surface area contributed by atoms with Crippen molar-refractivity contribution >= 4 is 27.4 Å². The molecule has 0 atom stereocenters. The summed E-state index contributed by atoms with van der Waals surface area (Å²) >= 11 is 0. The molecule has 4 aromatic carbocycles. The van der Waals surface area contributed by atoms with Gasteiger partial charge < -0.3 is 4.42 Å². The summed E-state index contributed by atoms with van der Waals surface area (Å²) in [5, 5.41) is 4.87. The normalized spacial score (nSPS) is 11.6. The van der Waals surface area contributed by atoms with E-state index in [2.05, 4.69) is 84.9 Å². The topological polar surface area (TPSA) is 30.4 Å². The van der Waals surface area contributed by atoms with Gasteiger partial charge in [-0.1, -0.05) is 72.8 Å². The highest BCUT2D eigenvalue weighted by molar-refractivity contribution is 5.93. The highest BCUT2D eigenvalue weighted by Gasteiger charge is 2.18. The third-order valence-electron chi connectivity index (χ3n) is 5.31. The lowest BCUT2D eigenvalue weighted by molar-refractivity contribution is 0.596. The molecule has 132 valence electrons. The van der Waals surface area contributed by atoms with Crippen LogP contribution >= 0.6 is 0 Å². The molecule has 2 heterocycles. The van der Waals surface area contributed by atoms with Crippen LogP contribution < -0.4 is 0 Å². The number of benzene rings is 4. The number of fused-ring (bicyclic) bond motifs is 3. The molecule has 0 radical (unpaired) electrons. The van der Waals surface area contributed by atoms with E-state index in [4.69, 9.17) is 9.40 Å². The van der Waals surface area contributed by atoms with Crippen LogP contribution in [-0.2, 0) is 0 Å². The lowest BCUT2D eigenvalue weighted by atomic mass is 9.99. The number of aromatic nitrogens is 2. The third kappa shape index (κ3) is 2.26. The minimum atomic E-state index is 0.603. The van der Waals surface area contributed by atoms with Crippen molar-refractivity contribution in [3.8, 4) is 22.5 Å². The Labute approximate surface area is 161 Å². The molecule has 0 saturated carbocycles. The van der Waals surface area contributed by atoms with E-state index in [1.54, 1.807) is 6.26 Å². The Morgan fingerprint density at radius 1 is 0.643 bits per heavy atom. The minimum absolute atomic E-state index is 0.603. The molecule has 0 saturated heterocycles. The summed E-state index contributed by atoms with van der Waals surface area (Å²) in [5.41, 5.74) is 4.18. The van der Waals surface area contributed by atoms with Crippen LogP contribution in [-0.4, -0.2) is 9.38 Å². The molecule has 0 N–H and O–H groups in total. The maximum Gasteiger partial charge on any atom is 0.306 e. The quantitative estimate of drug-likeness (QED) is 0.350. The number of hydrogen-bond acceptors (Lipinski definition) is 2. The van der Waals surface area contributed by atoms with Crippen LogP contribution in [0.25, 0.3) is 49.9 Å². The van der Waals surface area contributed by atoms with Crippen molar-refractivity contribution in [3.05, 3.63) is 97.4 Å². The molecule has 0 aliphatic heterocycles. The van der Waals surface area contributed by atoms with E-state index in [-0.39, 0.29) is 0 Å². The summed E-state index contributed by atoms with van der Waals surface area (Å²) in [6.45, 7) is 0. The molecular weight excluding hydrogens is 344 g/mol. The molecule has 0 fully saturated rings. The Kier molecular flexibility index (Phi) is 3.17. The van der Waals surface area contributed by atoms with Gasteiger partial charge in [-0.3, -0.25) is 4.40 Å². The van der Waals surface area contributed by atoms with Crippen molar-refractivity contribution in [2.75, 3.05) is 0 Å². The van der Waals surface area contributed by atoms with Gasteiger partial charge in [-0.15, -0.1) is 0 Å². The Balaban J connectivity index is 1.63. The summed E-state index contributed by atoms with van der Waals surface area (Å²) in [6.07, 6.45) is 3.61. The Hall–Kier alpha value is -3.85. The van der Waals surface area contributed by atoms with Crippen LogP contribution in [0.1, 0.15) is 0 Å². The van der Waals surface area contributed by atoms with E-state index in [1.807, 2.05) is 10.6 Å². The first-order valence-electron chi connectivity index (χ1n) is 9.31. The van der Waals surface area contributed by atoms with Crippen LogP contribution in [0.2, 0.25) is 0 Å². The highest BCUT2D eigenvalue weighted by atomic mass is 16.3. The molecule has 2 aromatic heterocycles. The first-order valence-corrected chi connectivity index (χ1v) is 9.31. The lowest BCUT2D eigenvalue weighted by Crippen LogP contribution is -1.88. The van der Waals surface area contributed by atoms with Crippen molar-refractivity contribution in [1.82, 2.24) is 9.38 Å². The van der Waals surface area contributed by atoms with Gasteiger partial charge >= 0.3 is 5.84 Å². The van der Waals surface area contributed by atoms with E-state index in [0.29, 0.717) is 5.84 Å². The van der Waals surface area contributed by atoms with E-state index >= 15 is 0 Å². The molecular formula is C25H16N2O. The first kappa shape index (κ1) is 15.2. The fourth-order valence-corrected chi connectivity index (χ4v) is 3.94. The zero-order valence-electron chi connectivity index (χ0n) is 15.0. The summed E-state index contributed by atoms with van der Waals surface area (Å²) < 4.78 is 7.63. The average Bonchev–Trinajstić information content (AvgIpc) is 3.34. The summed E-state index contributed by atoms with van der Waals surface area (Å²) in [4.78, 5) is 4.80. The smallest absolute Gasteiger partial charge is 0.306 e. The number of hydrogen-bond donors (Lipinski definition) is 0. The second kappa shape index (κ2) is 5.83. The zero-order valence-corrected chi connectivity index (χ0v) is 15.0. The second-order valence-corrected chi connectivity index (χ2v) is 6.99. The molecule has 0 aliphatic rings. The van der Waals surface area contributed by atoms with Crippen LogP contribution in [0.3, 0.4) is 0 Å². The summed E-state index contributed by atoms with van der Waals surface area (Å²) in [5.74, 6) is 0.603. The molecule has 6 aromatic rings. The van der Waals surface area contributed by atoms with Crippen molar-refractivity contribution in [1.29, 1.82) is 0 Å². The molecule has 0 spiro atoms. The fourth-order valence-electron chi connectivity index (χ4n) is 3.94. The van der Waals surface area contributed by atoms with Gasteiger partial charge in [0.05, 0.1) is 5.69 Å². The van der Waals surface area contributed by atoms with E-state index in [1.165, 1.54) is 21.5 Å². The first-order chi connectivity index (χ1) is 13.9. The number of oxazole rings is 1. The van der Waals surface area contributed by atoms with Crippen molar-refractivity contribution < 1.29 is 4.42 Å². The Morgan fingerprint density at radius 2 is 1.25 bits per heavy atom. The van der Waals surface area contributed by atoms with Crippen molar-refractivity contribution in [3.63, 3.8) is 0 Å². The van der Waals surface area contributed by atoms with Gasteiger partial charge in [0.15, 0.2) is 0 Å². The Morgan fingerprint density at radius 3 is 1.96 bits per heavy atom. The monoisotopic (exact) mass is 360 g/mol. The Bertz CT molecular complexity index is 1470. The minimum Gasteiger partial charge on any atom is -0.432 e. The molecule has 0 unspecified atom stereocenters. The summed E-state index contributed by atoms with van der Waals surface area (Å²) in [7, 11) is 0. The van der Waals surface area contributed by atoms with Gasteiger partial charge in [-0.2, -0.15) is 4.98 Å². The predicted octanol–water partition coefficient (Wildman–Crippen LogP) is 6.57. The fraction of sp³-hybridized carbons (Fsp3) is 0. The maximum atomic E-state index is 5.61. The largest absolute Gasteiger partial charge is 0.432 e. The lowest BCUT2D eigenvalue weighted by Gasteiger charge is -2.07. The van der Waals surface area contributed by atoms with Crippen LogP contribution in [0.5, 0.6) is 0 Å². The molecule has 28 heavy (non-hydrogen) atoms. The van der Waals surface area contributed by atoms with Crippen molar-refractivity contribution in [2.45, 2.75) is 0 Å². The molecule has 0 aliphatic carbocycles. The second-order valence-electron chi connectivity index (χ2n) is 6.99. The number of rotatable bonds is 2. The number of imidazole rings is 1. The van der Waals surface area contributed by atoms with Crippen LogP contribution in [0.4, 0.5) is 0 Å². The standard InChI is InChI=1S/C25H16N2O/c1-3-7-19-15-21(11-9-17(19)5-1)23-24(27-13-14-28-25(27)26-23)22-12-10-18-6-2-4-8-20(18)16-22/h1-16H. The predicted molar refractivity (Wildman–Crippen MR) is 113 cm³/mol. The van der Waals surface area contributed by atoms with Gasteiger partial charge in [-0.05, 0) is 33.7 Å². The van der Waals surface area contributed by atoms with E-state index in [9.17, 15) is 0 Å². The SMILES string of the molecule is c1ccc2cc(-c3nc4occn4c3-c3ccc4ccccc4c3)ccc2c1. The van der Waals surface area contributed by atoms with Gasteiger partial charge in [0.1, 0.15) is 12.0 Å². The molecule has 0 bridgehead atoms. The molecule has 3 nitrogen and oxygen atoms in total. The van der Waals surface area contributed by atoms with Gasteiger partial charge in [-0.25, -0.2) is 0 Å². The van der Waals surface area contributed by atoms with E-state index in [0.717, 1.165) is 22.5 Å². The third-order valence-corrected chi connectivity index (χ3v) is 5.31. The van der Waals surface area contributed by atoms with Crippen LogP contribution in [0, 0.1) is 0 Å². The maximum absolute atomic E-state index is 5.61. The van der Waals surface area contributed by atoms with Gasteiger partial charge in [0.25, 0.3) is 0 Å². The zero-order chi connectivity index (χ0) is 18.5. The van der Waals surface area contributed by atoms with Crippen molar-refractivity contribution in [2.24, 2.45) is 0 Å². The summed E-state index contributed by atoms with van der Waals surface area (Å²) in [6, 6.07) is 29.8. The van der Waals surface area contributed by atoms with E-state index < -0.39 is 0 Å². The highest BCUT2D eigenvalue weighted by Crippen LogP contribution is 2.35. The van der Waals surface area contributed by atoms with Gasteiger partial charge in [0.2, 0.25) is 0 Å². The molecule has 0 amide bonds. The number of nitrogens with zero attached hydrogens (tertiary/aromatic N) is 2. The average molecular weight is 360 g/mol. The van der Waals surface area contributed by atoms with Gasteiger partial charge in [0, 0.05) is 17.3 Å².